The molecule has 0 aliphatic rings. The van der Waals surface area contributed by atoms with Crippen molar-refractivity contribution in [3.8, 4) is 0 Å². The summed E-state index contributed by atoms with van der Waals surface area (Å²) < 4.78 is 1.51. The number of para-hydroxylation sites is 1. The normalized spacial score (nSPS) is 12.2. The van der Waals surface area contributed by atoms with Crippen LogP contribution >= 0.6 is 0 Å². The molecule has 0 bridgehead atoms. The van der Waals surface area contributed by atoms with Gasteiger partial charge in [-0.15, -0.1) is 0 Å². The standard InChI is InChI=1S/C19H27N3O2/c1-3-4-5-6-9-15(2)21-18(23)12-13-22-14-20-17-11-8-7-10-16(17)19(22)24/h7-8,10-11,14-15H,3-6,9,12-13H2,1-2H3,(H,21,23). The number of carbonyl (C=O) groups is 1. The molecule has 0 aliphatic heterocycles. The van der Waals surface area contributed by atoms with Gasteiger partial charge in [-0.05, 0) is 25.5 Å². The third kappa shape index (κ3) is 5.18. The van der Waals surface area contributed by atoms with E-state index in [9.17, 15) is 9.59 Å². The number of carbonyl (C=O) groups excluding carboxylic acids is 1. The van der Waals surface area contributed by atoms with Crippen molar-refractivity contribution in [2.24, 2.45) is 0 Å². The van der Waals surface area contributed by atoms with Crippen LogP contribution in [-0.2, 0) is 11.3 Å². The summed E-state index contributed by atoms with van der Waals surface area (Å²) in [5.41, 5.74) is 0.588. The third-order valence-electron chi connectivity index (χ3n) is 4.21. The first kappa shape index (κ1) is 18.2. The van der Waals surface area contributed by atoms with Crippen molar-refractivity contribution in [2.75, 3.05) is 0 Å². The second-order valence-electron chi connectivity index (χ2n) is 6.33. The van der Waals surface area contributed by atoms with Crippen molar-refractivity contribution < 1.29 is 4.79 Å². The highest BCUT2D eigenvalue weighted by molar-refractivity contribution is 5.77. The number of hydrogen-bond donors (Lipinski definition) is 1. The van der Waals surface area contributed by atoms with E-state index in [1.807, 2.05) is 25.1 Å². The summed E-state index contributed by atoms with van der Waals surface area (Å²) in [5.74, 6) is -0.0157. The first-order valence-electron chi connectivity index (χ1n) is 8.85. The monoisotopic (exact) mass is 329 g/mol. The van der Waals surface area contributed by atoms with Crippen LogP contribution in [0, 0.1) is 0 Å². The first-order valence-corrected chi connectivity index (χ1v) is 8.85. The minimum atomic E-state index is -0.0963. The Morgan fingerprint density at radius 3 is 2.83 bits per heavy atom. The molecule has 1 aromatic carbocycles. The minimum absolute atomic E-state index is 0.0157. The van der Waals surface area contributed by atoms with Gasteiger partial charge in [0.15, 0.2) is 0 Å². The van der Waals surface area contributed by atoms with Gasteiger partial charge in [0.1, 0.15) is 0 Å². The summed E-state index contributed by atoms with van der Waals surface area (Å²) in [4.78, 5) is 28.7. The molecule has 0 saturated heterocycles. The molecule has 130 valence electrons. The highest BCUT2D eigenvalue weighted by Gasteiger charge is 2.09. The van der Waals surface area contributed by atoms with Crippen LogP contribution in [-0.4, -0.2) is 21.5 Å². The highest BCUT2D eigenvalue weighted by Crippen LogP contribution is 2.06. The molecule has 2 rings (SSSR count). The van der Waals surface area contributed by atoms with Gasteiger partial charge in [0.25, 0.3) is 5.56 Å². The lowest BCUT2D eigenvalue weighted by molar-refractivity contribution is -0.121. The van der Waals surface area contributed by atoms with E-state index >= 15 is 0 Å². The summed E-state index contributed by atoms with van der Waals surface area (Å²) in [7, 11) is 0. The molecular weight excluding hydrogens is 302 g/mol. The maximum absolute atomic E-state index is 12.4. The molecule has 1 unspecified atom stereocenters. The lowest BCUT2D eigenvalue weighted by Gasteiger charge is -2.14. The molecule has 0 aliphatic carbocycles. The van der Waals surface area contributed by atoms with Gasteiger partial charge in [0.05, 0.1) is 17.2 Å². The first-order chi connectivity index (χ1) is 11.6. The zero-order valence-corrected chi connectivity index (χ0v) is 14.6. The van der Waals surface area contributed by atoms with E-state index in [1.165, 1.54) is 30.2 Å². The molecule has 1 amide bonds. The zero-order chi connectivity index (χ0) is 17.4. The van der Waals surface area contributed by atoms with Crippen LogP contribution in [0.1, 0.15) is 52.4 Å². The topological polar surface area (TPSA) is 64.0 Å². The van der Waals surface area contributed by atoms with Gasteiger partial charge < -0.3 is 5.32 Å². The zero-order valence-electron chi connectivity index (χ0n) is 14.6. The average Bonchev–Trinajstić information content (AvgIpc) is 2.58. The van der Waals surface area contributed by atoms with E-state index in [0.717, 1.165) is 12.8 Å². The largest absolute Gasteiger partial charge is 0.354 e. The number of amides is 1. The van der Waals surface area contributed by atoms with Crippen LogP contribution in [0.2, 0.25) is 0 Å². The Morgan fingerprint density at radius 1 is 1.25 bits per heavy atom. The van der Waals surface area contributed by atoms with Gasteiger partial charge in [-0.25, -0.2) is 4.98 Å². The predicted octanol–water partition coefficient (Wildman–Crippen LogP) is 3.26. The maximum atomic E-state index is 12.4. The number of aromatic nitrogens is 2. The van der Waals surface area contributed by atoms with Gasteiger partial charge in [-0.2, -0.15) is 0 Å². The van der Waals surface area contributed by atoms with Crippen molar-refractivity contribution >= 4 is 16.8 Å². The Hall–Kier alpha value is -2.17. The minimum Gasteiger partial charge on any atom is -0.354 e. The second kappa shape index (κ2) is 9.21. The average molecular weight is 329 g/mol. The van der Waals surface area contributed by atoms with Crippen LogP contribution in [0.3, 0.4) is 0 Å². The highest BCUT2D eigenvalue weighted by atomic mass is 16.2. The van der Waals surface area contributed by atoms with Crippen LogP contribution < -0.4 is 10.9 Å². The van der Waals surface area contributed by atoms with E-state index in [1.54, 1.807) is 6.07 Å². The second-order valence-corrected chi connectivity index (χ2v) is 6.33. The number of hydrogen-bond acceptors (Lipinski definition) is 3. The van der Waals surface area contributed by atoms with Crippen LogP contribution in [0.15, 0.2) is 35.4 Å². The summed E-state index contributed by atoms with van der Waals surface area (Å²) in [6.45, 7) is 4.58. The van der Waals surface area contributed by atoms with E-state index in [-0.39, 0.29) is 17.5 Å². The summed E-state index contributed by atoms with van der Waals surface area (Å²) in [5, 5.41) is 3.60. The Kier molecular flexibility index (Phi) is 6.97. The summed E-state index contributed by atoms with van der Waals surface area (Å²) in [6.07, 6.45) is 7.64. The van der Waals surface area contributed by atoms with Gasteiger partial charge in [-0.3, -0.25) is 14.2 Å². The molecule has 1 heterocycles. The number of nitrogens with one attached hydrogen (secondary N) is 1. The van der Waals surface area contributed by atoms with Gasteiger partial charge in [0, 0.05) is 19.0 Å². The van der Waals surface area contributed by atoms with Crippen LogP contribution in [0.4, 0.5) is 0 Å². The molecule has 1 atom stereocenters. The van der Waals surface area contributed by atoms with Crippen molar-refractivity contribution in [1.82, 2.24) is 14.9 Å². The summed E-state index contributed by atoms with van der Waals surface area (Å²) >= 11 is 0. The fourth-order valence-corrected chi connectivity index (χ4v) is 2.78. The molecule has 5 heteroatoms. The Bertz CT molecular complexity index is 724. The van der Waals surface area contributed by atoms with Gasteiger partial charge in [-0.1, -0.05) is 44.7 Å². The number of benzene rings is 1. The quantitative estimate of drug-likeness (QED) is 0.718. The Balaban J connectivity index is 1.83. The maximum Gasteiger partial charge on any atom is 0.261 e. The van der Waals surface area contributed by atoms with E-state index in [4.69, 9.17) is 0 Å². The Labute approximate surface area is 143 Å². The lowest BCUT2D eigenvalue weighted by atomic mass is 10.1. The fourth-order valence-electron chi connectivity index (χ4n) is 2.78. The number of nitrogens with zero attached hydrogens (tertiary/aromatic N) is 2. The SMILES string of the molecule is CCCCCCC(C)NC(=O)CCn1cnc2ccccc2c1=O. The smallest absolute Gasteiger partial charge is 0.261 e. The van der Waals surface area contributed by atoms with Crippen LogP contribution in [0.25, 0.3) is 10.9 Å². The van der Waals surface area contributed by atoms with Crippen molar-refractivity contribution in [3.05, 3.63) is 40.9 Å². The van der Waals surface area contributed by atoms with E-state index < -0.39 is 0 Å². The molecule has 1 aromatic heterocycles. The van der Waals surface area contributed by atoms with E-state index in [0.29, 0.717) is 23.9 Å². The molecule has 5 nitrogen and oxygen atoms in total. The molecular formula is C19H27N3O2. The molecule has 0 spiro atoms. The van der Waals surface area contributed by atoms with Crippen molar-refractivity contribution in [2.45, 2.75) is 65.0 Å². The molecule has 24 heavy (non-hydrogen) atoms. The Morgan fingerprint density at radius 2 is 2.04 bits per heavy atom. The predicted molar refractivity (Wildman–Crippen MR) is 97.0 cm³/mol. The molecule has 0 fully saturated rings. The number of fused-ring (bicyclic) bond motifs is 1. The number of aryl methyl sites for hydroxylation is 1. The van der Waals surface area contributed by atoms with Crippen LogP contribution in [0.5, 0.6) is 0 Å². The lowest BCUT2D eigenvalue weighted by Crippen LogP contribution is -2.34. The van der Waals surface area contributed by atoms with Crippen molar-refractivity contribution in [3.63, 3.8) is 0 Å². The molecule has 1 N–H and O–H groups in total. The van der Waals surface area contributed by atoms with Gasteiger partial charge in [0.2, 0.25) is 5.91 Å². The number of rotatable bonds is 9. The fraction of sp³-hybridized carbons (Fsp3) is 0.526. The molecule has 0 radical (unpaired) electrons. The molecule has 2 aromatic rings. The molecule has 0 saturated carbocycles. The summed E-state index contributed by atoms with van der Waals surface area (Å²) in [6, 6.07) is 7.44. The van der Waals surface area contributed by atoms with E-state index in [2.05, 4.69) is 17.2 Å². The number of unbranched alkanes of at least 4 members (excludes halogenated alkanes) is 3. The van der Waals surface area contributed by atoms with Crippen molar-refractivity contribution in [1.29, 1.82) is 0 Å². The van der Waals surface area contributed by atoms with Gasteiger partial charge >= 0.3 is 0 Å². The third-order valence-corrected chi connectivity index (χ3v) is 4.21.